The lowest BCUT2D eigenvalue weighted by Gasteiger charge is -2.36. The van der Waals surface area contributed by atoms with E-state index in [2.05, 4.69) is 23.2 Å². The Morgan fingerprint density at radius 3 is 3.00 bits per heavy atom. The fourth-order valence-electron chi connectivity index (χ4n) is 3.39. The van der Waals surface area contributed by atoms with Crippen LogP contribution in [-0.2, 0) is 22.5 Å². The van der Waals surface area contributed by atoms with Gasteiger partial charge in [0.2, 0.25) is 5.91 Å². The van der Waals surface area contributed by atoms with Crippen LogP contribution < -0.4 is 10.6 Å². The van der Waals surface area contributed by atoms with Crippen molar-refractivity contribution in [3.63, 3.8) is 0 Å². The van der Waals surface area contributed by atoms with Gasteiger partial charge in [-0.15, -0.1) is 5.10 Å². The van der Waals surface area contributed by atoms with Crippen molar-refractivity contribution in [1.29, 1.82) is 0 Å². The van der Waals surface area contributed by atoms with Gasteiger partial charge < -0.3 is 9.64 Å². The maximum absolute atomic E-state index is 13.2. The third-order valence-corrected chi connectivity index (χ3v) is 5.92. The number of carbonyl (C=O) groups is 1. The minimum absolute atomic E-state index is 0.0403. The van der Waals surface area contributed by atoms with Gasteiger partial charge in [-0.3, -0.25) is 9.36 Å². The van der Waals surface area contributed by atoms with E-state index in [1.165, 1.54) is 17.3 Å². The van der Waals surface area contributed by atoms with E-state index in [4.69, 9.17) is 4.74 Å². The van der Waals surface area contributed by atoms with E-state index < -0.39 is 0 Å². The van der Waals surface area contributed by atoms with Gasteiger partial charge >= 0.3 is 5.69 Å². The summed E-state index contributed by atoms with van der Waals surface area (Å²) in [6.45, 7) is 5.03. The highest BCUT2D eigenvalue weighted by Crippen LogP contribution is 2.33. The summed E-state index contributed by atoms with van der Waals surface area (Å²) in [5.74, 6) is 0.0403. The Hall–Kier alpha value is -2.06. The quantitative estimate of drug-likeness (QED) is 0.580. The number of ether oxygens (including phenoxy) is 1. The Balaban J connectivity index is 1.76. The molecular formula is C19H26N4O3S. The second-order valence-electron chi connectivity index (χ2n) is 6.79. The maximum Gasteiger partial charge on any atom is 0.343 e. The molecule has 0 bridgehead atoms. The highest BCUT2D eigenvalue weighted by molar-refractivity contribution is 8.00. The third kappa shape index (κ3) is 4.27. The number of hydrogen-bond donors (Lipinski definition) is 1. The molecule has 0 fully saturated rings. The zero-order chi connectivity index (χ0) is 19.4. The molecule has 0 spiro atoms. The molecule has 0 radical (unpaired) electrons. The number of para-hydroxylation sites is 1. The minimum Gasteiger partial charge on any atom is -0.385 e. The number of anilines is 1. The minimum atomic E-state index is -0.352. The molecule has 2 atom stereocenters. The van der Waals surface area contributed by atoms with Gasteiger partial charge in [-0.1, -0.05) is 30.0 Å². The third-order valence-electron chi connectivity index (χ3n) is 4.84. The van der Waals surface area contributed by atoms with Gasteiger partial charge in [-0.05, 0) is 44.7 Å². The number of methoxy groups -OCH3 is 1. The first-order valence-electron chi connectivity index (χ1n) is 9.24. The van der Waals surface area contributed by atoms with E-state index in [1.807, 2.05) is 30.0 Å². The molecule has 7 nitrogen and oxygen atoms in total. The Kier molecular flexibility index (Phi) is 6.38. The van der Waals surface area contributed by atoms with Crippen molar-refractivity contribution in [3.05, 3.63) is 40.3 Å². The van der Waals surface area contributed by atoms with Crippen LogP contribution in [0.3, 0.4) is 0 Å². The summed E-state index contributed by atoms with van der Waals surface area (Å²) in [5, 5.41) is 6.77. The normalized spacial score (nSPS) is 17.6. The van der Waals surface area contributed by atoms with Gasteiger partial charge in [0.15, 0.2) is 5.16 Å². The van der Waals surface area contributed by atoms with Crippen LogP contribution in [0.1, 0.15) is 32.3 Å². The summed E-state index contributed by atoms with van der Waals surface area (Å²) in [4.78, 5) is 27.1. The summed E-state index contributed by atoms with van der Waals surface area (Å²) < 4.78 is 6.62. The number of aromatic amines is 1. The lowest BCUT2D eigenvalue weighted by atomic mass is 9.96. The Morgan fingerprint density at radius 2 is 2.22 bits per heavy atom. The molecule has 2 unspecified atom stereocenters. The van der Waals surface area contributed by atoms with Crippen LogP contribution in [0.5, 0.6) is 0 Å². The lowest BCUT2D eigenvalue weighted by Crippen LogP contribution is -2.45. The first kappa shape index (κ1) is 19.7. The van der Waals surface area contributed by atoms with E-state index in [0.29, 0.717) is 24.7 Å². The molecule has 1 N–H and O–H groups in total. The molecule has 1 aliphatic rings. The first-order chi connectivity index (χ1) is 13.0. The second kappa shape index (κ2) is 8.75. The van der Waals surface area contributed by atoms with Gasteiger partial charge in [0.05, 0.1) is 5.25 Å². The van der Waals surface area contributed by atoms with Crippen LogP contribution in [0.2, 0.25) is 0 Å². The van der Waals surface area contributed by atoms with Crippen LogP contribution in [0.15, 0.2) is 34.2 Å². The van der Waals surface area contributed by atoms with Crippen molar-refractivity contribution in [2.45, 2.75) is 56.1 Å². The number of hydrogen-bond acceptors (Lipinski definition) is 5. The zero-order valence-corrected chi connectivity index (χ0v) is 16.8. The molecule has 0 aliphatic carbocycles. The van der Waals surface area contributed by atoms with Crippen LogP contribution in [0, 0.1) is 0 Å². The van der Waals surface area contributed by atoms with Gasteiger partial charge in [0, 0.05) is 32.0 Å². The molecule has 1 aromatic heterocycles. The van der Waals surface area contributed by atoms with Crippen molar-refractivity contribution in [1.82, 2.24) is 14.8 Å². The maximum atomic E-state index is 13.2. The number of amides is 1. The highest BCUT2D eigenvalue weighted by atomic mass is 32.2. The van der Waals surface area contributed by atoms with Crippen LogP contribution in [-0.4, -0.2) is 45.7 Å². The molecule has 8 heteroatoms. The summed E-state index contributed by atoms with van der Waals surface area (Å²) in [6, 6.07) is 8.23. The second-order valence-corrected chi connectivity index (χ2v) is 8.10. The zero-order valence-electron chi connectivity index (χ0n) is 16.0. The number of nitrogens with one attached hydrogen (secondary N) is 1. The number of rotatable bonds is 7. The van der Waals surface area contributed by atoms with Crippen LogP contribution in [0.4, 0.5) is 5.69 Å². The molecule has 1 aromatic carbocycles. The average Bonchev–Trinajstić information content (AvgIpc) is 3.01. The highest BCUT2D eigenvalue weighted by Gasteiger charge is 2.32. The number of fused-ring (bicyclic) bond motifs is 1. The molecule has 0 saturated heterocycles. The van der Waals surface area contributed by atoms with Gasteiger partial charge in [-0.2, -0.15) is 0 Å². The molecule has 2 aromatic rings. The number of carbonyl (C=O) groups excluding carboxylic acids is 1. The molecule has 146 valence electrons. The molecule has 2 heterocycles. The summed E-state index contributed by atoms with van der Waals surface area (Å²) >= 11 is 1.32. The topological polar surface area (TPSA) is 80.2 Å². The van der Waals surface area contributed by atoms with Gasteiger partial charge in [0.1, 0.15) is 0 Å². The largest absolute Gasteiger partial charge is 0.385 e. The van der Waals surface area contributed by atoms with E-state index in [1.54, 1.807) is 11.7 Å². The number of aryl methyl sites for hydroxylation is 1. The van der Waals surface area contributed by atoms with Crippen molar-refractivity contribution in [2.24, 2.45) is 0 Å². The lowest BCUT2D eigenvalue weighted by molar-refractivity contribution is -0.118. The van der Waals surface area contributed by atoms with Gasteiger partial charge in [0.25, 0.3) is 0 Å². The molecular weight excluding hydrogens is 364 g/mol. The van der Waals surface area contributed by atoms with E-state index >= 15 is 0 Å². The number of benzene rings is 1. The molecule has 0 saturated carbocycles. The standard InChI is InChI=1S/C19H26N4O3S/c1-13-9-10-15-7-4-5-8-16(15)23(13)17(24)14(2)27-19-21-20-18(25)22(19)11-6-12-26-3/h4-5,7-8,13-14H,6,9-12H2,1-3H3,(H,20,25). The average molecular weight is 391 g/mol. The van der Waals surface area contributed by atoms with E-state index in [0.717, 1.165) is 18.5 Å². The molecule has 27 heavy (non-hydrogen) atoms. The molecule has 1 amide bonds. The van der Waals surface area contributed by atoms with E-state index in [-0.39, 0.29) is 22.9 Å². The summed E-state index contributed by atoms with van der Waals surface area (Å²) in [5.41, 5.74) is 1.94. The van der Waals surface area contributed by atoms with Crippen molar-refractivity contribution >= 4 is 23.4 Å². The van der Waals surface area contributed by atoms with Gasteiger partial charge in [-0.25, -0.2) is 9.89 Å². The monoisotopic (exact) mass is 390 g/mol. The molecule has 1 aliphatic heterocycles. The predicted octanol–water partition coefficient (Wildman–Crippen LogP) is 2.46. The summed E-state index contributed by atoms with van der Waals surface area (Å²) in [6.07, 6.45) is 2.65. The number of H-pyrrole nitrogens is 1. The fraction of sp³-hybridized carbons (Fsp3) is 0.526. The SMILES string of the molecule is COCCCn1c(SC(C)C(=O)N2c3ccccc3CCC2C)n[nH]c1=O. The number of aromatic nitrogens is 3. The smallest absolute Gasteiger partial charge is 0.343 e. The Labute approximate surface area is 163 Å². The number of nitrogens with zero attached hydrogens (tertiary/aromatic N) is 3. The Morgan fingerprint density at radius 1 is 1.44 bits per heavy atom. The first-order valence-corrected chi connectivity index (χ1v) is 10.1. The predicted molar refractivity (Wildman–Crippen MR) is 106 cm³/mol. The van der Waals surface area contributed by atoms with Crippen molar-refractivity contribution in [3.8, 4) is 0 Å². The Bertz CT molecular complexity index is 847. The molecule has 3 rings (SSSR count). The summed E-state index contributed by atoms with van der Waals surface area (Å²) in [7, 11) is 1.63. The van der Waals surface area contributed by atoms with E-state index in [9.17, 15) is 9.59 Å². The van der Waals surface area contributed by atoms with Crippen molar-refractivity contribution in [2.75, 3.05) is 18.6 Å². The fourth-order valence-corrected chi connectivity index (χ4v) is 4.32. The number of thioether (sulfide) groups is 1. The van der Waals surface area contributed by atoms with Crippen molar-refractivity contribution < 1.29 is 9.53 Å². The van der Waals surface area contributed by atoms with Crippen LogP contribution >= 0.6 is 11.8 Å². The van der Waals surface area contributed by atoms with Crippen LogP contribution in [0.25, 0.3) is 0 Å².